The van der Waals surface area contributed by atoms with Gasteiger partial charge in [0, 0.05) is 6.54 Å². The van der Waals surface area contributed by atoms with E-state index in [1.807, 2.05) is 0 Å². The predicted molar refractivity (Wildman–Crippen MR) is 76.0 cm³/mol. The number of morpholine rings is 1. The number of carboxylic acids is 1. The molecule has 0 bridgehead atoms. The number of hydrogen-bond acceptors (Lipinski definition) is 3. The number of hydrogen-bond donors (Lipinski definition) is 1. The van der Waals surface area contributed by atoms with E-state index in [1.165, 1.54) is 12.1 Å². The molecule has 6 heteroatoms. The molecule has 0 spiro atoms. The average Bonchev–Trinajstić information content (AvgIpc) is 2.88. The van der Waals surface area contributed by atoms with Crippen molar-refractivity contribution in [2.45, 2.75) is 37.9 Å². The van der Waals surface area contributed by atoms with Gasteiger partial charge in [-0.25, -0.2) is 9.18 Å². The monoisotopic (exact) mass is 307 g/mol. The molecule has 3 rings (SSSR count). The molecule has 1 aromatic rings. The van der Waals surface area contributed by atoms with Gasteiger partial charge in [-0.1, -0.05) is 6.07 Å². The van der Waals surface area contributed by atoms with Crippen LogP contribution in [0.3, 0.4) is 0 Å². The topological polar surface area (TPSA) is 66.8 Å². The van der Waals surface area contributed by atoms with Crippen molar-refractivity contribution in [2.75, 3.05) is 13.1 Å². The van der Waals surface area contributed by atoms with Gasteiger partial charge in [-0.2, -0.15) is 0 Å². The Hall–Kier alpha value is -1.95. The molecule has 0 radical (unpaired) electrons. The zero-order valence-electron chi connectivity index (χ0n) is 12.3. The average molecular weight is 307 g/mol. The van der Waals surface area contributed by atoms with Crippen molar-refractivity contribution in [1.82, 2.24) is 4.90 Å². The Morgan fingerprint density at radius 3 is 2.86 bits per heavy atom. The number of carbonyl (C=O) groups excluding carboxylic acids is 1. The Bertz CT molecular complexity index is 618. The van der Waals surface area contributed by atoms with Gasteiger partial charge in [0.1, 0.15) is 5.82 Å². The highest BCUT2D eigenvalue weighted by atomic mass is 19.1. The summed E-state index contributed by atoms with van der Waals surface area (Å²) in [5, 5.41) is 9.10. The molecular formula is C16H18FNO4. The Labute approximate surface area is 127 Å². The van der Waals surface area contributed by atoms with E-state index in [9.17, 15) is 14.0 Å². The van der Waals surface area contributed by atoms with E-state index in [0.717, 1.165) is 11.1 Å². The number of halogens is 1. The summed E-state index contributed by atoms with van der Waals surface area (Å²) in [6.07, 6.45) is 0.0158. The normalized spacial score (nSPS) is 27.5. The van der Waals surface area contributed by atoms with E-state index in [1.54, 1.807) is 17.9 Å². The number of nitrogens with zero attached hydrogens (tertiary/aromatic N) is 1. The van der Waals surface area contributed by atoms with Gasteiger partial charge in [-0.3, -0.25) is 4.79 Å². The molecule has 1 fully saturated rings. The van der Waals surface area contributed by atoms with Crippen molar-refractivity contribution in [3.8, 4) is 0 Å². The number of rotatable bonds is 2. The largest absolute Gasteiger partial charge is 0.479 e. The molecule has 3 atom stereocenters. The van der Waals surface area contributed by atoms with Crippen molar-refractivity contribution >= 4 is 11.9 Å². The maximum Gasteiger partial charge on any atom is 0.334 e. The number of benzene rings is 1. The molecule has 1 aliphatic heterocycles. The van der Waals surface area contributed by atoms with Crippen LogP contribution in [-0.4, -0.2) is 47.2 Å². The highest BCUT2D eigenvalue weighted by molar-refractivity contribution is 5.86. The molecule has 1 aliphatic carbocycles. The van der Waals surface area contributed by atoms with Crippen LogP contribution >= 0.6 is 0 Å². The Morgan fingerprint density at radius 2 is 2.14 bits per heavy atom. The van der Waals surface area contributed by atoms with Crippen LogP contribution in [0.1, 0.15) is 30.4 Å². The quantitative estimate of drug-likeness (QED) is 0.900. The van der Waals surface area contributed by atoms with E-state index < -0.39 is 12.1 Å². The molecule has 1 N–H and O–H groups in total. The van der Waals surface area contributed by atoms with Gasteiger partial charge in [0.15, 0.2) is 6.10 Å². The summed E-state index contributed by atoms with van der Waals surface area (Å²) in [6.45, 7) is 2.20. The van der Waals surface area contributed by atoms with Crippen LogP contribution in [-0.2, 0) is 20.7 Å². The van der Waals surface area contributed by atoms with Crippen molar-refractivity contribution < 1.29 is 23.8 Å². The first-order chi connectivity index (χ1) is 10.5. The molecule has 1 saturated heterocycles. The third-order valence-electron chi connectivity index (χ3n) is 4.33. The Balaban J connectivity index is 1.79. The summed E-state index contributed by atoms with van der Waals surface area (Å²) < 4.78 is 18.6. The van der Waals surface area contributed by atoms with Crippen LogP contribution in [0.2, 0.25) is 0 Å². The zero-order valence-corrected chi connectivity index (χ0v) is 12.3. The minimum atomic E-state index is -1.06. The molecular weight excluding hydrogens is 289 g/mol. The molecule has 118 valence electrons. The minimum Gasteiger partial charge on any atom is -0.479 e. The van der Waals surface area contributed by atoms with Crippen LogP contribution in [0.4, 0.5) is 4.39 Å². The summed E-state index contributed by atoms with van der Waals surface area (Å²) in [6, 6.07) is 4.51. The molecule has 1 unspecified atom stereocenters. The first-order valence-corrected chi connectivity index (χ1v) is 7.41. The highest BCUT2D eigenvalue weighted by Crippen LogP contribution is 2.35. The second kappa shape index (κ2) is 5.68. The number of carbonyl (C=O) groups is 2. The van der Waals surface area contributed by atoms with Gasteiger partial charge in [-0.05, 0) is 43.0 Å². The molecule has 22 heavy (non-hydrogen) atoms. The van der Waals surface area contributed by atoms with E-state index in [2.05, 4.69) is 0 Å². The molecule has 0 aromatic heterocycles. The molecule has 2 aliphatic rings. The predicted octanol–water partition coefficient (Wildman–Crippen LogP) is 1.56. The molecule has 5 nitrogen and oxygen atoms in total. The third-order valence-corrected chi connectivity index (χ3v) is 4.33. The first-order valence-electron chi connectivity index (χ1n) is 7.41. The van der Waals surface area contributed by atoms with Gasteiger partial charge < -0.3 is 14.7 Å². The number of amides is 1. The van der Waals surface area contributed by atoms with Gasteiger partial charge in [0.2, 0.25) is 5.91 Å². The molecule has 1 heterocycles. The molecule has 1 aromatic carbocycles. The van der Waals surface area contributed by atoms with Crippen molar-refractivity contribution in [1.29, 1.82) is 0 Å². The number of aryl methyl sites for hydroxylation is 1. The minimum absolute atomic E-state index is 0.0610. The van der Waals surface area contributed by atoms with Crippen LogP contribution in [0.25, 0.3) is 0 Å². The summed E-state index contributed by atoms with van der Waals surface area (Å²) >= 11 is 0. The highest BCUT2D eigenvalue weighted by Gasteiger charge is 2.37. The first kappa shape index (κ1) is 15.0. The van der Waals surface area contributed by atoms with Crippen molar-refractivity contribution in [3.05, 3.63) is 35.1 Å². The smallest absolute Gasteiger partial charge is 0.334 e. The van der Waals surface area contributed by atoms with Crippen LogP contribution in [0.5, 0.6) is 0 Å². The van der Waals surface area contributed by atoms with Gasteiger partial charge in [0.25, 0.3) is 0 Å². The van der Waals surface area contributed by atoms with Crippen molar-refractivity contribution in [3.63, 3.8) is 0 Å². The number of aliphatic carboxylic acids is 1. The van der Waals surface area contributed by atoms with Gasteiger partial charge in [0.05, 0.1) is 18.6 Å². The molecule has 0 saturated carbocycles. The summed E-state index contributed by atoms with van der Waals surface area (Å²) in [5.41, 5.74) is 1.73. The van der Waals surface area contributed by atoms with Gasteiger partial charge in [-0.15, -0.1) is 0 Å². The van der Waals surface area contributed by atoms with Crippen molar-refractivity contribution in [2.24, 2.45) is 0 Å². The second-order valence-corrected chi connectivity index (χ2v) is 5.95. The maximum atomic E-state index is 13.3. The van der Waals surface area contributed by atoms with Crippen LogP contribution in [0, 0.1) is 5.82 Å². The standard InChI is InChI=1S/C16H18FNO4/c1-9-7-18(8-14(22-9)16(20)21)15(19)13-4-2-10-6-11(17)3-5-12(10)13/h3,5-6,9,13-14H,2,4,7-8H2,1H3,(H,20,21)/t9-,13?,14-/m1/s1. The lowest BCUT2D eigenvalue weighted by molar-refractivity contribution is -0.167. The summed E-state index contributed by atoms with van der Waals surface area (Å²) in [7, 11) is 0. The van der Waals surface area contributed by atoms with E-state index in [0.29, 0.717) is 19.4 Å². The van der Waals surface area contributed by atoms with Crippen LogP contribution < -0.4 is 0 Å². The van der Waals surface area contributed by atoms with E-state index >= 15 is 0 Å². The second-order valence-electron chi connectivity index (χ2n) is 5.95. The Morgan fingerprint density at radius 1 is 1.36 bits per heavy atom. The summed E-state index contributed by atoms with van der Waals surface area (Å²) in [5.74, 6) is -1.75. The van der Waals surface area contributed by atoms with E-state index in [-0.39, 0.29) is 30.3 Å². The fourth-order valence-electron chi connectivity index (χ4n) is 3.33. The molecule has 1 amide bonds. The zero-order chi connectivity index (χ0) is 15.9. The summed E-state index contributed by atoms with van der Waals surface area (Å²) in [4.78, 5) is 25.4. The maximum absolute atomic E-state index is 13.3. The fourth-order valence-corrected chi connectivity index (χ4v) is 3.33. The third kappa shape index (κ3) is 2.70. The number of fused-ring (bicyclic) bond motifs is 1. The van der Waals surface area contributed by atoms with Gasteiger partial charge >= 0.3 is 5.97 Å². The lowest BCUT2D eigenvalue weighted by Crippen LogP contribution is -2.52. The number of carboxylic acid groups (broad SMARTS) is 1. The lowest BCUT2D eigenvalue weighted by atomic mass is 9.99. The van der Waals surface area contributed by atoms with E-state index in [4.69, 9.17) is 9.84 Å². The van der Waals surface area contributed by atoms with Crippen LogP contribution in [0.15, 0.2) is 18.2 Å². The fraction of sp³-hybridized carbons (Fsp3) is 0.500. The SMILES string of the molecule is C[C@@H]1CN(C(=O)C2CCc3cc(F)ccc32)C[C@H](C(=O)O)O1. The lowest BCUT2D eigenvalue weighted by Gasteiger charge is -2.36. The Kier molecular flexibility index (Phi) is 3.87. The number of ether oxygens (including phenoxy) is 1.